The number of nitrogens with zero attached hydrogens (tertiary/aromatic N) is 5. The van der Waals surface area contributed by atoms with Crippen LogP contribution < -0.4 is 0 Å². The van der Waals surface area contributed by atoms with Gasteiger partial charge in [-0.1, -0.05) is 6.92 Å². The zero-order valence-electron chi connectivity index (χ0n) is 14.8. The van der Waals surface area contributed by atoms with E-state index in [1.54, 1.807) is 0 Å². The van der Waals surface area contributed by atoms with E-state index in [0.717, 1.165) is 51.5 Å². The molecular formula is C17H29N5O. The number of aryl methyl sites for hydroxylation is 2. The quantitative estimate of drug-likeness (QED) is 0.827. The SMILES string of the molecule is CCN1CCN(C(=O)[C@@H](C)N2CC(n3nc(C)cc3C)C2)CC1. The predicted molar refractivity (Wildman–Crippen MR) is 90.5 cm³/mol. The van der Waals surface area contributed by atoms with E-state index < -0.39 is 0 Å². The molecule has 0 unspecified atom stereocenters. The first-order valence-electron chi connectivity index (χ1n) is 8.77. The molecule has 0 spiro atoms. The molecule has 0 N–H and O–H groups in total. The minimum absolute atomic E-state index is 0.0172. The Balaban J connectivity index is 1.51. The lowest BCUT2D eigenvalue weighted by Gasteiger charge is -2.45. The highest BCUT2D eigenvalue weighted by Crippen LogP contribution is 2.25. The van der Waals surface area contributed by atoms with Gasteiger partial charge in [-0.05, 0) is 33.4 Å². The molecule has 6 nitrogen and oxygen atoms in total. The van der Waals surface area contributed by atoms with E-state index in [4.69, 9.17) is 0 Å². The molecule has 128 valence electrons. The summed E-state index contributed by atoms with van der Waals surface area (Å²) < 4.78 is 2.11. The van der Waals surface area contributed by atoms with Crippen molar-refractivity contribution in [2.24, 2.45) is 0 Å². The average molecular weight is 319 g/mol. The summed E-state index contributed by atoms with van der Waals surface area (Å²) in [6.07, 6.45) is 0. The van der Waals surface area contributed by atoms with Crippen molar-refractivity contribution in [1.29, 1.82) is 0 Å². The first kappa shape index (κ1) is 16.5. The molecule has 0 aliphatic carbocycles. The van der Waals surface area contributed by atoms with Crippen molar-refractivity contribution in [2.45, 2.75) is 39.8 Å². The Bertz CT molecular complexity index is 555. The molecule has 1 aromatic heterocycles. The van der Waals surface area contributed by atoms with E-state index in [1.165, 1.54) is 5.69 Å². The van der Waals surface area contributed by atoms with Crippen LogP contribution in [0.5, 0.6) is 0 Å². The fourth-order valence-electron chi connectivity index (χ4n) is 3.68. The van der Waals surface area contributed by atoms with Crippen molar-refractivity contribution >= 4 is 5.91 Å². The highest BCUT2D eigenvalue weighted by molar-refractivity contribution is 5.81. The lowest BCUT2D eigenvalue weighted by molar-refractivity contribution is -0.140. The molecule has 2 saturated heterocycles. The molecule has 3 rings (SSSR count). The minimum Gasteiger partial charge on any atom is -0.339 e. The monoisotopic (exact) mass is 319 g/mol. The van der Waals surface area contributed by atoms with Gasteiger partial charge in [-0.3, -0.25) is 14.4 Å². The average Bonchev–Trinajstić information content (AvgIpc) is 2.83. The number of rotatable bonds is 4. The van der Waals surface area contributed by atoms with Crippen LogP contribution in [0.2, 0.25) is 0 Å². The summed E-state index contributed by atoms with van der Waals surface area (Å²) in [4.78, 5) is 19.4. The second-order valence-electron chi connectivity index (χ2n) is 6.91. The van der Waals surface area contributed by atoms with Crippen LogP contribution >= 0.6 is 0 Å². The molecule has 1 atom stereocenters. The third kappa shape index (κ3) is 3.28. The van der Waals surface area contributed by atoms with Crippen LogP contribution in [0.15, 0.2) is 6.07 Å². The summed E-state index contributed by atoms with van der Waals surface area (Å²) in [5.74, 6) is 0.285. The van der Waals surface area contributed by atoms with E-state index in [-0.39, 0.29) is 11.9 Å². The van der Waals surface area contributed by atoms with Crippen molar-refractivity contribution in [3.63, 3.8) is 0 Å². The molecule has 1 amide bonds. The highest BCUT2D eigenvalue weighted by atomic mass is 16.2. The summed E-state index contributed by atoms with van der Waals surface area (Å²) in [6.45, 7) is 15.0. The predicted octanol–water partition coefficient (Wildman–Crippen LogP) is 0.909. The molecule has 0 bridgehead atoms. The van der Waals surface area contributed by atoms with Crippen LogP contribution in [-0.4, -0.2) is 82.2 Å². The lowest BCUT2D eigenvalue weighted by atomic mass is 10.0. The van der Waals surface area contributed by atoms with E-state index in [1.807, 2.05) is 18.7 Å². The minimum atomic E-state index is -0.0172. The highest BCUT2D eigenvalue weighted by Gasteiger charge is 2.37. The molecular weight excluding hydrogens is 290 g/mol. The molecule has 2 aliphatic rings. The lowest BCUT2D eigenvalue weighted by Crippen LogP contribution is -2.59. The Morgan fingerprint density at radius 1 is 1.26 bits per heavy atom. The zero-order valence-corrected chi connectivity index (χ0v) is 14.8. The van der Waals surface area contributed by atoms with Gasteiger partial charge in [0.15, 0.2) is 0 Å². The fraction of sp³-hybridized carbons (Fsp3) is 0.765. The summed E-state index contributed by atoms with van der Waals surface area (Å²) in [5.41, 5.74) is 2.28. The standard InChI is InChI=1S/C17H29N5O/c1-5-19-6-8-20(9-7-19)17(23)15(4)21-11-16(12-21)22-14(3)10-13(2)18-22/h10,15-16H,5-9,11-12H2,1-4H3/t15-/m1/s1. The Kier molecular flexibility index (Phi) is 4.73. The smallest absolute Gasteiger partial charge is 0.239 e. The maximum Gasteiger partial charge on any atom is 0.239 e. The van der Waals surface area contributed by atoms with Crippen LogP contribution in [0.4, 0.5) is 0 Å². The Morgan fingerprint density at radius 3 is 2.43 bits per heavy atom. The summed E-state index contributed by atoms with van der Waals surface area (Å²) in [5, 5.41) is 4.57. The summed E-state index contributed by atoms with van der Waals surface area (Å²) in [7, 11) is 0. The Hall–Kier alpha value is -1.40. The van der Waals surface area contributed by atoms with E-state index >= 15 is 0 Å². The van der Waals surface area contributed by atoms with E-state index in [0.29, 0.717) is 6.04 Å². The number of hydrogen-bond donors (Lipinski definition) is 0. The topological polar surface area (TPSA) is 44.6 Å². The number of amides is 1. The molecule has 2 aliphatic heterocycles. The van der Waals surface area contributed by atoms with Gasteiger partial charge in [0.1, 0.15) is 0 Å². The van der Waals surface area contributed by atoms with Gasteiger partial charge in [-0.15, -0.1) is 0 Å². The van der Waals surface area contributed by atoms with Crippen LogP contribution in [0.25, 0.3) is 0 Å². The van der Waals surface area contributed by atoms with Crippen LogP contribution in [-0.2, 0) is 4.79 Å². The molecule has 6 heteroatoms. The van der Waals surface area contributed by atoms with Crippen molar-refractivity contribution in [1.82, 2.24) is 24.5 Å². The van der Waals surface area contributed by atoms with Crippen molar-refractivity contribution in [2.75, 3.05) is 45.8 Å². The molecule has 2 fully saturated rings. The number of likely N-dealkylation sites (tertiary alicyclic amines) is 1. The van der Waals surface area contributed by atoms with Gasteiger partial charge in [0, 0.05) is 45.0 Å². The number of carbonyl (C=O) groups is 1. The Labute approximate surface area is 139 Å². The zero-order chi connectivity index (χ0) is 16.6. The van der Waals surface area contributed by atoms with Gasteiger partial charge >= 0.3 is 0 Å². The summed E-state index contributed by atoms with van der Waals surface area (Å²) >= 11 is 0. The first-order chi connectivity index (χ1) is 11.0. The first-order valence-corrected chi connectivity index (χ1v) is 8.77. The number of piperazine rings is 1. The number of hydrogen-bond acceptors (Lipinski definition) is 4. The molecule has 0 radical (unpaired) electrons. The molecule has 0 aromatic carbocycles. The van der Waals surface area contributed by atoms with Crippen LogP contribution in [0, 0.1) is 13.8 Å². The van der Waals surface area contributed by atoms with Gasteiger partial charge in [-0.2, -0.15) is 5.10 Å². The molecule has 0 saturated carbocycles. The van der Waals surface area contributed by atoms with Crippen molar-refractivity contribution in [3.05, 3.63) is 17.5 Å². The second kappa shape index (κ2) is 6.61. The second-order valence-corrected chi connectivity index (χ2v) is 6.91. The molecule has 1 aromatic rings. The van der Waals surface area contributed by atoms with E-state index in [2.05, 4.69) is 39.5 Å². The Morgan fingerprint density at radius 2 is 1.91 bits per heavy atom. The molecule has 23 heavy (non-hydrogen) atoms. The van der Waals surface area contributed by atoms with Crippen LogP contribution in [0.3, 0.4) is 0 Å². The summed E-state index contributed by atoms with van der Waals surface area (Å²) in [6, 6.07) is 2.51. The van der Waals surface area contributed by atoms with Gasteiger partial charge in [0.25, 0.3) is 0 Å². The van der Waals surface area contributed by atoms with Gasteiger partial charge < -0.3 is 9.80 Å². The maximum atomic E-state index is 12.7. The third-order valence-electron chi connectivity index (χ3n) is 5.32. The molecule has 3 heterocycles. The number of likely N-dealkylation sites (N-methyl/N-ethyl adjacent to an activating group) is 1. The van der Waals surface area contributed by atoms with Gasteiger partial charge in [0.05, 0.1) is 17.8 Å². The number of carbonyl (C=O) groups excluding carboxylic acids is 1. The van der Waals surface area contributed by atoms with E-state index in [9.17, 15) is 4.79 Å². The maximum absolute atomic E-state index is 12.7. The van der Waals surface area contributed by atoms with Gasteiger partial charge in [0.2, 0.25) is 5.91 Å². The number of aromatic nitrogens is 2. The van der Waals surface area contributed by atoms with Crippen molar-refractivity contribution < 1.29 is 4.79 Å². The third-order valence-corrected chi connectivity index (χ3v) is 5.32. The van der Waals surface area contributed by atoms with Crippen molar-refractivity contribution in [3.8, 4) is 0 Å². The van der Waals surface area contributed by atoms with Crippen LogP contribution in [0.1, 0.15) is 31.3 Å². The van der Waals surface area contributed by atoms with Gasteiger partial charge in [-0.25, -0.2) is 0 Å². The normalized spacial score (nSPS) is 22.2. The largest absolute Gasteiger partial charge is 0.339 e. The fourth-order valence-corrected chi connectivity index (χ4v) is 3.68.